The third kappa shape index (κ3) is 2.66. The number of halogens is 3. The minimum Gasteiger partial charge on any atom is -0.330 e. The Labute approximate surface area is 86.5 Å². The number of aliphatic imine (C=N–C) groups is 1. The summed E-state index contributed by atoms with van der Waals surface area (Å²) >= 11 is 17.5. The lowest BCUT2D eigenvalue weighted by atomic mass is 10.2. The van der Waals surface area contributed by atoms with Crippen LogP contribution >= 0.6 is 34.8 Å². The molecule has 0 aliphatic carbocycles. The molecule has 0 bridgehead atoms. The minimum atomic E-state index is -0.750. The summed E-state index contributed by atoms with van der Waals surface area (Å²) in [7, 11) is 0. The fourth-order valence-electron chi connectivity index (χ4n) is 1.03. The normalized spacial score (nSPS) is 35.7. The number of nitrogens with zero attached hydrogens (tertiary/aromatic N) is 1. The van der Waals surface area contributed by atoms with Crippen molar-refractivity contribution in [3.63, 3.8) is 0 Å². The number of hydrogen-bond donors (Lipinski definition) is 2. The smallest absolute Gasteiger partial charge is 0.196 e. The van der Waals surface area contributed by atoms with E-state index in [0.717, 1.165) is 12.8 Å². The lowest BCUT2D eigenvalue weighted by molar-refractivity contribution is 0.371. The SMILES string of the molecule is CCCC1(Cl)NC(Cl)=NC(Cl)N1. The third-order valence-corrected chi connectivity index (χ3v) is 2.26. The Kier molecular flexibility index (Phi) is 3.47. The molecular weight excluding hydrogens is 220 g/mol. The molecule has 0 radical (unpaired) electrons. The van der Waals surface area contributed by atoms with Crippen LogP contribution in [0.4, 0.5) is 0 Å². The van der Waals surface area contributed by atoms with Crippen LogP contribution in [0.3, 0.4) is 0 Å². The van der Waals surface area contributed by atoms with Gasteiger partial charge in [0.05, 0.1) is 0 Å². The summed E-state index contributed by atoms with van der Waals surface area (Å²) < 4.78 is 0. The number of nitrogens with one attached hydrogen (secondary N) is 2. The Balaban J connectivity index is 2.64. The van der Waals surface area contributed by atoms with Crippen LogP contribution < -0.4 is 10.6 Å². The van der Waals surface area contributed by atoms with Crippen LogP contribution in [-0.4, -0.2) is 16.0 Å². The van der Waals surface area contributed by atoms with Crippen LogP contribution in [0.2, 0.25) is 0 Å². The molecule has 1 heterocycles. The molecule has 3 nitrogen and oxygen atoms in total. The number of rotatable bonds is 2. The molecule has 0 amide bonds. The van der Waals surface area contributed by atoms with Crippen LogP contribution in [0.5, 0.6) is 0 Å². The van der Waals surface area contributed by atoms with E-state index >= 15 is 0 Å². The van der Waals surface area contributed by atoms with E-state index in [9.17, 15) is 0 Å². The summed E-state index contributed by atoms with van der Waals surface area (Å²) in [5, 5.41) is 5.18. The van der Waals surface area contributed by atoms with Crippen molar-refractivity contribution in [1.29, 1.82) is 0 Å². The molecule has 0 aromatic rings. The van der Waals surface area contributed by atoms with Crippen LogP contribution in [0, 0.1) is 0 Å². The van der Waals surface area contributed by atoms with Gasteiger partial charge in [-0.25, -0.2) is 10.3 Å². The van der Waals surface area contributed by atoms with Crippen molar-refractivity contribution in [1.82, 2.24) is 10.6 Å². The molecule has 0 aromatic heterocycles. The molecule has 6 heteroatoms. The van der Waals surface area contributed by atoms with E-state index < -0.39 is 10.7 Å². The molecule has 0 saturated carbocycles. The average molecular weight is 231 g/mol. The summed E-state index contributed by atoms with van der Waals surface area (Å²) in [4.78, 5) is 3.80. The van der Waals surface area contributed by atoms with Crippen LogP contribution in [-0.2, 0) is 0 Å². The fraction of sp³-hybridized carbons (Fsp3) is 0.833. The number of amidine groups is 1. The first-order chi connectivity index (χ1) is 5.56. The van der Waals surface area contributed by atoms with Gasteiger partial charge < -0.3 is 5.32 Å². The highest BCUT2D eigenvalue weighted by Gasteiger charge is 2.32. The van der Waals surface area contributed by atoms with E-state index in [2.05, 4.69) is 15.6 Å². The third-order valence-electron chi connectivity index (χ3n) is 1.47. The van der Waals surface area contributed by atoms with E-state index in [1.807, 2.05) is 6.92 Å². The van der Waals surface area contributed by atoms with Crippen molar-refractivity contribution in [2.24, 2.45) is 4.99 Å². The summed E-state index contributed by atoms with van der Waals surface area (Å²) in [6, 6.07) is 0. The quantitative estimate of drug-likeness (QED) is 0.562. The molecule has 0 spiro atoms. The van der Waals surface area contributed by atoms with Crippen molar-refractivity contribution in [2.75, 3.05) is 0 Å². The zero-order valence-corrected chi connectivity index (χ0v) is 8.84. The minimum absolute atomic E-state index is 0.247. The van der Waals surface area contributed by atoms with Crippen molar-refractivity contribution in [2.45, 2.75) is 30.5 Å². The molecule has 0 fully saturated rings. The van der Waals surface area contributed by atoms with Gasteiger partial charge in [0.1, 0.15) is 0 Å². The summed E-state index contributed by atoms with van der Waals surface area (Å²) in [6.07, 6.45) is 1.65. The first-order valence-electron chi connectivity index (χ1n) is 3.68. The zero-order valence-electron chi connectivity index (χ0n) is 6.57. The molecule has 2 N–H and O–H groups in total. The molecule has 1 aliphatic rings. The van der Waals surface area contributed by atoms with Crippen LogP contribution in [0.15, 0.2) is 4.99 Å². The Morgan fingerprint density at radius 2 is 2.33 bits per heavy atom. The van der Waals surface area contributed by atoms with E-state index in [1.54, 1.807) is 0 Å². The van der Waals surface area contributed by atoms with E-state index in [4.69, 9.17) is 34.8 Å². The lowest BCUT2D eigenvalue weighted by Crippen LogP contribution is -2.59. The second-order valence-electron chi connectivity index (χ2n) is 2.58. The van der Waals surface area contributed by atoms with Crippen molar-refractivity contribution in [3.8, 4) is 0 Å². The topological polar surface area (TPSA) is 36.4 Å². The van der Waals surface area contributed by atoms with Gasteiger partial charge >= 0.3 is 0 Å². The Bertz CT molecular complexity index is 196. The van der Waals surface area contributed by atoms with Gasteiger partial charge in [-0.2, -0.15) is 0 Å². The summed E-state index contributed by atoms with van der Waals surface area (Å²) in [6.45, 7) is 2.02. The number of alkyl halides is 2. The molecular formula is C6H10Cl3N3. The Morgan fingerprint density at radius 3 is 2.83 bits per heavy atom. The molecule has 0 saturated heterocycles. The lowest BCUT2D eigenvalue weighted by Gasteiger charge is -2.33. The van der Waals surface area contributed by atoms with Gasteiger partial charge in [0, 0.05) is 0 Å². The highest BCUT2D eigenvalue weighted by molar-refractivity contribution is 6.65. The summed E-state index contributed by atoms with van der Waals surface area (Å²) in [5.74, 6) is 0. The second kappa shape index (κ2) is 4.01. The Hall–Kier alpha value is 0.300. The van der Waals surface area contributed by atoms with Gasteiger partial charge in [0.15, 0.2) is 16.0 Å². The summed E-state index contributed by atoms with van der Waals surface area (Å²) in [5.41, 5.74) is -0.553. The van der Waals surface area contributed by atoms with E-state index in [-0.39, 0.29) is 5.29 Å². The maximum atomic E-state index is 6.09. The maximum absolute atomic E-state index is 6.09. The highest BCUT2D eigenvalue weighted by atomic mass is 35.5. The molecule has 2 unspecified atom stereocenters. The molecule has 1 aliphatic heterocycles. The first-order valence-corrected chi connectivity index (χ1v) is 4.87. The van der Waals surface area contributed by atoms with Gasteiger partial charge in [-0.3, -0.25) is 0 Å². The molecule has 70 valence electrons. The fourth-order valence-corrected chi connectivity index (χ4v) is 2.11. The van der Waals surface area contributed by atoms with E-state index in [1.165, 1.54) is 0 Å². The predicted molar refractivity (Wildman–Crippen MR) is 52.7 cm³/mol. The Morgan fingerprint density at radius 1 is 1.67 bits per heavy atom. The highest BCUT2D eigenvalue weighted by Crippen LogP contribution is 2.20. The average Bonchev–Trinajstić information content (AvgIpc) is 1.82. The molecule has 12 heavy (non-hydrogen) atoms. The number of hydrogen-bond acceptors (Lipinski definition) is 3. The second-order valence-corrected chi connectivity index (χ2v) is 3.99. The van der Waals surface area contributed by atoms with Gasteiger partial charge in [-0.05, 0) is 18.0 Å². The first kappa shape index (κ1) is 10.4. The van der Waals surface area contributed by atoms with Gasteiger partial charge in [0.2, 0.25) is 0 Å². The van der Waals surface area contributed by atoms with Crippen LogP contribution in [0.25, 0.3) is 0 Å². The largest absolute Gasteiger partial charge is 0.330 e. The van der Waals surface area contributed by atoms with Gasteiger partial charge in [-0.15, -0.1) is 0 Å². The van der Waals surface area contributed by atoms with Crippen molar-refractivity contribution in [3.05, 3.63) is 0 Å². The molecule has 0 aromatic carbocycles. The molecule has 2 atom stereocenters. The maximum Gasteiger partial charge on any atom is 0.196 e. The van der Waals surface area contributed by atoms with E-state index in [0.29, 0.717) is 0 Å². The van der Waals surface area contributed by atoms with Crippen molar-refractivity contribution >= 4 is 40.1 Å². The van der Waals surface area contributed by atoms with Gasteiger partial charge in [0.25, 0.3) is 0 Å². The van der Waals surface area contributed by atoms with Crippen molar-refractivity contribution < 1.29 is 0 Å². The standard InChI is InChI=1S/C6H10Cl3N3/c1-2-3-6(9)11-4(7)10-5(8)12-6/h4,11H,2-3H2,1H3,(H,10,12). The zero-order chi connectivity index (χ0) is 9.19. The molecule has 1 rings (SSSR count). The predicted octanol–water partition coefficient (Wildman–Crippen LogP) is 1.99. The van der Waals surface area contributed by atoms with Gasteiger partial charge in [-0.1, -0.05) is 36.5 Å². The monoisotopic (exact) mass is 229 g/mol. The van der Waals surface area contributed by atoms with Crippen LogP contribution in [0.1, 0.15) is 19.8 Å².